The Morgan fingerprint density at radius 2 is 1.82 bits per heavy atom. The summed E-state index contributed by atoms with van der Waals surface area (Å²) in [6, 6.07) is 11.4. The Hall–Kier alpha value is -1.87. The van der Waals surface area contributed by atoms with E-state index in [2.05, 4.69) is 0 Å². The molecular formula is C14H15NO2. The van der Waals surface area contributed by atoms with Crippen LogP contribution in [0.15, 0.2) is 42.6 Å². The highest BCUT2D eigenvalue weighted by molar-refractivity contribution is 5.92. The summed E-state index contributed by atoms with van der Waals surface area (Å²) in [6.45, 7) is 2.30. The van der Waals surface area contributed by atoms with E-state index in [1.165, 1.54) is 0 Å². The Bertz CT molecular complexity index is 511. The van der Waals surface area contributed by atoms with Gasteiger partial charge >= 0.3 is 0 Å². The van der Waals surface area contributed by atoms with Crippen LogP contribution in [0, 0.1) is 0 Å². The predicted molar refractivity (Wildman–Crippen MR) is 65.9 cm³/mol. The first-order valence-electron chi connectivity index (χ1n) is 5.55. The minimum Gasteiger partial charge on any atom is -0.392 e. The van der Waals surface area contributed by atoms with Gasteiger partial charge in [-0.2, -0.15) is 0 Å². The van der Waals surface area contributed by atoms with Crippen LogP contribution >= 0.6 is 0 Å². The lowest BCUT2D eigenvalue weighted by Crippen LogP contribution is -2.06. The Kier molecular flexibility index (Phi) is 3.40. The highest BCUT2D eigenvalue weighted by Gasteiger charge is 2.05. The van der Waals surface area contributed by atoms with Gasteiger partial charge in [-0.3, -0.25) is 4.79 Å². The third-order valence-electron chi connectivity index (χ3n) is 2.75. The van der Waals surface area contributed by atoms with Crippen molar-refractivity contribution in [2.24, 2.45) is 0 Å². The van der Waals surface area contributed by atoms with Crippen molar-refractivity contribution < 1.29 is 9.90 Å². The van der Waals surface area contributed by atoms with E-state index in [4.69, 9.17) is 5.11 Å². The van der Waals surface area contributed by atoms with Gasteiger partial charge in [-0.05, 0) is 23.3 Å². The second-order valence-corrected chi connectivity index (χ2v) is 4.05. The predicted octanol–water partition coefficient (Wildman–Crippen LogP) is 2.23. The molecule has 0 unspecified atom stereocenters. The SMILES string of the molecule is CC(=O)c1cccn1Cc1ccc(CO)cc1. The fourth-order valence-electron chi connectivity index (χ4n) is 1.82. The second-order valence-electron chi connectivity index (χ2n) is 4.05. The summed E-state index contributed by atoms with van der Waals surface area (Å²) in [7, 11) is 0. The molecule has 17 heavy (non-hydrogen) atoms. The largest absolute Gasteiger partial charge is 0.392 e. The van der Waals surface area contributed by atoms with Crippen molar-refractivity contribution in [3.8, 4) is 0 Å². The number of aromatic nitrogens is 1. The molecule has 1 N–H and O–H groups in total. The monoisotopic (exact) mass is 229 g/mol. The Labute approximate surface area is 100 Å². The van der Waals surface area contributed by atoms with Crippen LogP contribution in [-0.2, 0) is 13.2 Å². The highest BCUT2D eigenvalue weighted by atomic mass is 16.3. The number of hydrogen-bond donors (Lipinski definition) is 1. The first kappa shape index (κ1) is 11.6. The van der Waals surface area contributed by atoms with Crippen LogP contribution in [0.25, 0.3) is 0 Å². The molecule has 1 heterocycles. The fraction of sp³-hybridized carbons (Fsp3) is 0.214. The molecule has 1 aromatic heterocycles. The molecule has 0 amide bonds. The van der Waals surface area contributed by atoms with Gasteiger partial charge in [0.25, 0.3) is 0 Å². The zero-order valence-electron chi connectivity index (χ0n) is 9.76. The standard InChI is InChI=1S/C14H15NO2/c1-11(17)14-3-2-8-15(14)9-12-4-6-13(10-16)7-5-12/h2-8,16H,9-10H2,1H3. The molecule has 0 atom stereocenters. The molecule has 3 heteroatoms. The van der Waals surface area contributed by atoms with E-state index < -0.39 is 0 Å². The van der Waals surface area contributed by atoms with Crippen LogP contribution in [-0.4, -0.2) is 15.5 Å². The Balaban J connectivity index is 2.19. The molecule has 2 rings (SSSR count). The summed E-state index contributed by atoms with van der Waals surface area (Å²) in [6.07, 6.45) is 1.90. The van der Waals surface area contributed by atoms with Crippen molar-refractivity contribution in [2.75, 3.05) is 0 Å². The summed E-state index contributed by atoms with van der Waals surface area (Å²) in [5, 5.41) is 8.95. The summed E-state index contributed by atoms with van der Waals surface area (Å²) in [5.41, 5.74) is 2.73. The van der Waals surface area contributed by atoms with Crippen LogP contribution in [0.2, 0.25) is 0 Å². The molecule has 2 aromatic rings. The Morgan fingerprint density at radius 3 is 2.41 bits per heavy atom. The van der Waals surface area contributed by atoms with Crippen molar-refractivity contribution in [1.82, 2.24) is 4.57 Å². The number of Topliss-reactive ketones (excluding diaryl/α,β-unsaturated/α-hetero) is 1. The molecule has 0 radical (unpaired) electrons. The first-order chi connectivity index (χ1) is 8.20. The van der Waals surface area contributed by atoms with Crippen molar-refractivity contribution in [1.29, 1.82) is 0 Å². The van der Waals surface area contributed by atoms with Crippen molar-refractivity contribution in [3.63, 3.8) is 0 Å². The van der Waals surface area contributed by atoms with Crippen LogP contribution in [0.5, 0.6) is 0 Å². The number of aliphatic hydroxyl groups is 1. The number of hydrogen-bond acceptors (Lipinski definition) is 2. The van der Waals surface area contributed by atoms with E-state index in [0.29, 0.717) is 6.54 Å². The summed E-state index contributed by atoms with van der Waals surface area (Å²) < 4.78 is 1.93. The maximum atomic E-state index is 11.4. The summed E-state index contributed by atoms with van der Waals surface area (Å²) in [5.74, 6) is 0.0713. The smallest absolute Gasteiger partial charge is 0.176 e. The highest BCUT2D eigenvalue weighted by Crippen LogP contribution is 2.10. The molecular weight excluding hydrogens is 214 g/mol. The zero-order valence-corrected chi connectivity index (χ0v) is 9.76. The Morgan fingerprint density at radius 1 is 1.18 bits per heavy atom. The number of benzene rings is 1. The van der Waals surface area contributed by atoms with E-state index in [1.54, 1.807) is 6.92 Å². The number of ketones is 1. The number of rotatable bonds is 4. The molecule has 0 aliphatic carbocycles. The van der Waals surface area contributed by atoms with E-state index in [0.717, 1.165) is 16.8 Å². The van der Waals surface area contributed by atoms with Crippen LogP contribution < -0.4 is 0 Å². The average Bonchev–Trinajstić information content (AvgIpc) is 2.78. The summed E-state index contributed by atoms with van der Waals surface area (Å²) >= 11 is 0. The molecule has 0 aliphatic rings. The normalized spacial score (nSPS) is 10.5. The van der Waals surface area contributed by atoms with E-state index in [9.17, 15) is 4.79 Å². The van der Waals surface area contributed by atoms with Gasteiger partial charge in [-0.15, -0.1) is 0 Å². The van der Waals surface area contributed by atoms with Crippen molar-refractivity contribution in [3.05, 3.63) is 59.4 Å². The number of aliphatic hydroxyl groups excluding tert-OH is 1. The lowest BCUT2D eigenvalue weighted by Gasteiger charge is -2.07. The van der Waals surface area contributed by atoms with Gasteiger partial charge in [0.15, 0.2) is 5.78 Å². The van der Waals surface area contributed by atoms with Gasteiger partial charge in [-0.1, -0.05) is 24.3 Å². The van der Waals surface area contributed by atoms with Gasteiger partial charge in [0.1, 0.15) is 0 Å². The number of carbonyl (C=O) groups is 1. The molecule has 1 aromatic carbocycles. The van der Waals surface area contributed by atoms with Crippen molar-refractivity contribution in [2.45, 2.75) is 20.1 Å². The molecule has 0 aliphatic heterocycles. The van der Waals surface area contributed by atoms with Gasteiger partial charge in [0.2, 0.25) is 0 Å². The first-order valence-corrected chi connectivity index (χ1v) is 5.55. The van der Waals surface area contributed by atoms with Gasteiger partial charge < -0.3 is 9.67 Å². The zero-order chi connectivity index (χ0) is 12.3. The molecule has 0 saturated heterocycles. The lowest BCUT2D eigenvalue weighted by atomic mass is 10.1. The molecule has 88 valence electrons. The minimum atomic E-state index is 0.0580. The third-order valence-corrected chi connectivity index (χ3v) is 2.75. The molecule has 0 saturated carbocycles. The fourth-order valence-corrected chi connectivity index (χ4v) is 1.82. The maximum Gasteiger partial charge on any atom is 0.176 e. The average molecular weight is 229 g/mol. The van der Waals surface area contributed by atoms with Gasteiger partial charge in [0.05, 0.1) is 12.3 Å². The second kappa shape index (κ2) is 4.97. The number of nitrogens with zero attached hydrogens (tertiary/aromatic N) is 1. The number of carbonyl (C=O) groups excluding carboxylic acids is 1. The van der Waals surface area contributed by atoms with Crippen LogP contribution in [0.3, 0.4) is 0 Å². The molecule has 3 nitrogen and oxygen atoms in total. The minimum absolute atomic E-state index is 0.0580. The van der Waals surface area contributed by atoms with Crippen LogP contribution in [0.1, 0.15) is 28.5 Å². The lowest BCUT2D eigenvalue weighted by molar-refractivity contribution is 0.100. The third kappa shape index (κ3) is 2.63. The maximum absolute atomic E-state index is 11.4. The summed E-state index contributed by atoms with van der Waals surface area (Å²) in [4.78, 5) is 11.4. The van der Waals surface area contributed by atoms with E-state index >= 15 is 0 Å². The quantitative estimate of drug-likeness (QED) is 0.817. The molecule has 0 bridgehead atoms. The topological polar surface area (TPSA) is 42.2 Å². The van der Waals surface area contributed by atoms with Gasteiger partial charge in [0, 0.05) is 19.7 Å². The van der Waals surface area contributed by atoms with E-state index in [-0.39, 0.29) is 12.4 Å². The van der Waals surface area contributed by atoms with Crippen LogP contribution in [0.4, 0.5) is 0 Å². The van der Waals surface area contributed by atoms with Gasteiger partial charge in [-0.25, -0.2) is 0 Å². The molecule has 0 spiro atoms. The molecule has 0 fully saturated rings. The van der Waals surface area contributed by atoms with Crippen molar-refractivity contribution >= 4 is 5.78 Å². The van der Waals surface area contributed by atoms with E-state index in [1.807, 2.05) is 47.2 Å².